The van der Waals surface area contributed by atoms with Crippen molar-refractivity contribution in [3.8, 4) is 16.8 Å². The number of furan rings is 1. The maximum absolute atomic E-state index is 7.13. The molecule has 7 heteroatoms. The van der Waals surface area contributed by atoms with E-state index in [9.17, 15) is 0 Å². The fraction of sp³-hybridized carbons (Fsp3) is 0.113. The van der Waals surface area contributed by atoms with Crippen LogP contribution in [-0.4, -0.2) is 11.3 Å². The third kappa shape index (κ3) is 9.28. The molecule has 6 nitrogen and oxygen atoms in total. The third-order valence-corrected chi connectivity index (χ3v) is 22.8. The largest absolute Gasteiger partial charge is 0.454 e. The highest BCUT2D eigenvalue weighted by molar-refractivity contribution is 7.02. The molecule has 0 N–H and O–H groups in total. The zero-order valence-corrected chi connectivity index (χ0v) is 59.7. The van der Waals surface area contributed by atoms with E-state index in [4.69, 9.17) is 4.42 Å². The normalized spacial score (nSPS) is 13.6. The Kier molecular flexibility index (Phi) is 13.5. The zero-order chi connectivity index (χ0) is 70.1. The van der Waals surface area contributed by atoms with Gasteiger partial charge in [0.05, 0.1) is 28.1 Å². The number of aromatic nitrogens is 1. The first kappa shape index (κ1) is 61.5. The van der Waals surface area contributed by atoms with Crippen LogP contribution in [0.1, 0.15) is 77.6 Å². The van der Waals surface area contributed by atoms with E-state index < -0.39 is 0 Å². The van der Waals surface area contributed by atoms with E-state index >= 15 is 0 Å². The highest BCUT2D eigenvalue weighted by Crippen LogP contribution is 2.57. The van der Waals surface area contributed by atoms with Crippen LogP contribution in [0.15, 0.2) is 320 Å². The number of rotatable bonds is 9. The zero-order valence-electron chi connectivity index (χ0n) is 59.7. The lowest BCUT2D eigenvalue weighted by Crippen LogP contribution is -2.61. The molecule has 20 rings (SSSR count). The molecule has 2 aliphatic heterocycles. The topological polar surface area (TPSA) is 31.0 Å². The number of nitrogens with zero attached hydrogens (tertiary/aromatic N) is 5. The summed E-state index contributed by atoms with van der Waals surface area (Å²) in [6, 6.07) is 119. The van der Waals surface area contributed by atoms with Crippen LogP contribution < -0.4 is 36.0 Å². The Bertz CT molecular complexity index is 6370. The molecular formula is C97H76BN5O. The van der Waals surface area contributed by atoms with Crippen LogP contribution in [-0.2, 0) is 16.2 Å². The van der Waals surface area contributed by atoms with Gasteiger partial charge < -0.3 is 28.6 Å². The molecule has 0 saturated carbocycles. The molecule has 17 aromatic rings. The minimum absolute atomic E-state index is 0.0737. The summed E-state index contributed by atoms with van der Waals surface area (Å²) in [5, 5.41) is 9.36. The molecule has 0 radical (unpaired) electrons. The SMILES string of the molecule is CC(C)(C)c1ccc(N2c3cc(N(c4ccc5ccc6ccccc6c5c4)c4cccc5c4oc4ccccc45)ccc3B3c4c2cc(N(c2ccccc2)c2cccc5c2-c2ccccc2C5(C)C)cc4N(c2ccc(C(C)(C)C)cc2)c2ccc4c(c23)c2ccccc2n4-c2ccccc2)cc1. The number of hydrogen-bond donors (Lipinski definition) is 0. The standard InChI is InChI=1S/C97H76BN5O/c1-95(2,3)63-44-49-67(50-45-63)102-84-56-55-83-91(76-33-18-21-37-81(76)101(83)66-28-13-10-14-29-66)93(84)98-80-54-53-70(100(85-39-23-34-74-73-31-19-22-40-89(73)104-94(74)85)69-48-43-62-42-41-61-25-15-16-30-72(61)77(62)57-69)58-86(80)103(68-51-46-64(47-52-68)96(4,5)6)88-60-71(59-87(102)92(88)98)99(65-26-11-9-12-27-65)82-38-24-36-79-90(82)75-32-17-20-35-78(75)97(79,7)8/h9-60H,1-8H3. The number of hydrogen-bond acceptors (Lipinski definition) is 5. The van der Waals surface area contributed by atoms with Crippen molar-refractivity contribution in [1.29, 1.82) is 0 Å². The summed E-state index contributed by atoms with van der Waals surface area (Å²) in [6.45, 7) is 18.4. The van der Waals surface area contributed by atoms with Crippen molar-refractivity contribution < 1.29 is 4.42 Å². The monoisotopic (exact) mass is 1340 g/mol. The minimum Gasteiger partial charge on any atom is -0.454 e. The second-order valence-electron chi connectivity index (χ2n) is 31.2. The summed E-state index contributed by atoms with van der Waals surface area (Å²) in [7, 11) is 0. The average molecular weight is 1340 g/mol. The summed E-state index contributed by atoms with van der Waals surface area (Å²) in [5.74, 6) is 0. The fourth-order valence-electron chi connectivity index (χ4n) is 17.8. The van der Waals surface area contributed by atoms with Gasteiger partial charge in [0, 0.05) is 89.4 Å². The Balaban J connectivity index is 0.939. The van der Waals surface area contributed by atoms with Crippen molar-refractivity contribution in [1.82, 2.24) is 4.57 Å². The van der Waals surface area contributed by atoms with Crippen LogP contribution in [0.5, 0.6) is 0 Å². The molecule has 0 spiro atoms. The third-order valence-electron chi connectivity index (χ3n) is 22.8. The molecule has 498 valence electrons. The van der Waals surface area contributed by atoms with Crippen molar-refractivity contribution in [2.75, 3.05) is 19.6 Å². The van der Waals surface area contributed by atoms with Crippen molar-refractivity contribution >= 4 is 157 Å². The van der Waals surface area contributed by atoms with E-state index in [1.54, 1.807) is 0 Å². The first-order valence-corrected chi connectivity index (χ1v) is 36.6. The Morgan fingerprint density at radius 2 is 0.904 bits per heavy atom. The van der Waals surface area contributed by atoms with Gasteiger partial charge in [-0.05, 0) is 198 Å². The lowest BCUT2D eigenvalue weighted by molar-refractivity contribution is 0.590. The van der Waals surface area contributed by atoms with Gasteiger partial charge in [0.1, 0.15) is 5.58 Å². The van der Waals surface area contributed by atoms with E-state index in [0.29, 0.717) is 0 Å². The molecule has 2 aromatic heterocycles. The quantitative estimate of drug-likeness (QED) is 0.106. The highest BCUT2D eigenvalue weighted by Gasteiger charge is 2.47. The van der Waals surface area contributed by atoms with E-state index in [-0.39, 0.29) is 23.0 Å². The van der Waals surface area contributed by atoms with Gasteiger partial charge in [-0.1, -0.05) is 250 Å². The predicted molar refractivity (Wildman–Crippen MR) is 441 cm³/mol. The molecule has 0 fully saturated rings. The number of benzene rings is 15. The Morgan fingerprint density at radius 1 is 0.356 bits per heavy atom. The van der Waals surface area contributed by atoms with Gasteiger partial charge in [0.25, 0.3) is 6.71 Å². The first-order chi connectivity index (χ1) is 50.6. The predicted octanol–water partition coefficient (Wildman–Crippen LogP) is 24.9. The van der Waals surface area contributed by atoms with Crippen LogP contribution in [0.4, 0.5) is 68.2 Å². The Hall–Kier alpha value is -12.3. The van der Waals surface area contributed by atoms with Crippen LogP contribution in [0.2, 0.25) is 0 Å². The van der Waals surface area contributed by atoms with Gasteiger partial charge in [-0.15, -0.1) is 0 Å². The van der Waals surface area contributed by atoms with Gasteiger partial charge in [0.2, 0.25) is 0 Å². The van der Waals surface area contributed by atoms with Gasteiger partial charge in [0.15, 0.2) is 5.58 Å². The maximum atomic E-state index is 7.13. The van der Waals surface area contributed by atoms with Crippen LogP contribution >= 0.6 is 0 Å². The number of anilines is 12. The van der Waals surface area contributed by atoms with Crippen LogP contribution in [0, 0.1) is 0 Å². The van der Waals surface area contributed by atoms with Crippen molar-refractivity contribution in [3.63, 3.8) is 0 Å². The summed E-state index contributed by atoms with van der Waals surface area (Å²) >= 11 is 0. The molecule has 0 amide bonds. The van der Waals surface area contributed by atoms with Gasteiger partial charge in [-0.3, -0.25) is 0 Å². The van der Waals surface area contributed by atoms with E-state index in [1.165, 1.54) is 82.1 Å². The van der Waals surface area contributed by atoms with Crippen LogP contribution in [0.25, 0.3) is 82.1 Å². The van der Waals surface area contributed by atoms with E-state index in [2.05, 4.69) is 395 Å². The van der Waals surface area contributed by atoms with Crippen molar-refractivity contribution in [2.45, 2.75) is 71.6 Å². The van der Waals surface area contributed by atoms with E-state index in [1.807, 2.05) is 0 Å². The molecular weight excluding hydrogens is 1260 g/mol. The molecule has 1 aliphatic carbocycles. The molecule has 4 heterocycles. The number of fused-ring (bicyclic) bond motifs is 17. The summed E-state index contributed by atoms with van der Waals surface area (Å²) in [5.41, 5.74) is 28.9. The Labute approximate surface area is 607 Å². The molecule has 104 heavy (non-hydrogen) atoms. The first-order valence-electron chi connectivity index (χ1n) is 36.6. The highest BCUT2D eigenvalue weighted by atomic mass is 16.3. The molecule has 0 bridgehead atoms. The smallest absolute Gasteiger partial charge is 0.253 e. The molecule has 15 aromatic carbocycles. The second-order valence-corrected chi connectivity index (χ2v) is 31.2. The molecule has 3 aliphatic rings. The van der Waals surface area contributed by atoms with Crippen LogP contribution in [0.3, 0.4) is 0 Å². The van der Waals surface area contributed by atoms with Crippen molar-refractivity contribution in [3.05, 3.63) is 338 Å². The lowest BCUT2D eigenvalue weighted by Gasteiger charge is -2.45. The second kappa shape index (κ2) is 22.8. The van der Waals surface area contributed by atoms with Gasteiger partial charge in [-0.2, -0.15) is 0 Å². The minimum atomic E-state index is -0.292. The summed E-state index contributed by atoms with van der Waals surface area (Å²) in [6.07, 6.45) is 0. The summed E-state index contributed by atoms with van der Waals surface area (Å²) in [4.78, 5) is 10.3. The van der Waals surface area contributed by atoms with E-state index in [0.717, 1.165) is 107 Å². The van der Waals surface area contributed by atoms with Crippen molar-refractivity contribution in [2.24, 2.45) is 0 Å². The molecule has 0 unspecified atom stereocenters. The molecule has 0 saturated heterocycles. The lowest BCUT2D eigenvalue weighted by atomic mass is 9.33. The fourth-order valence-corrected chi connectivity index (χ4v) is 17.8. The number of para-hydroxylation sites is 5. The Morgan fingerprint density at radius 3 is 1.63 bits per heavy atom. The van der Waals surface area contributed by atoms with Gasteiger partial charge >= 0.3 is 0 Å². The summed E-state index contributed by atoms with van der Waals surface area (Å²) < 4.78 is 9.62. The molecule has 0 atom stereocenters. The average Bonchev–Trinajstić information content (AvgIpc) is 1.04. The maximum Gasteiger partial charge on any atom is 0.253 e. The van der Waals surface area contributed by atoms with Gasteiger partial charge in [-0.25, -0.2) is 0 Å².